The van der Waals surface area contributed by atoms with Gasteiger partial charge >= 0.3 is 6.18 Å². The Bertz CT molecular complexity index is 982. The van der Waals surface area contributed by atoms with Gasteiger partial charge in [-0.15, -0.1) is 0 Å². The molecule has 0 saturated heterocycles. The van der Waals surface area contributed by atoms with Gasteiger partial charge in [-0.3, -0.25) is 4.79 Å². The van der Waals surface area contributed by atoms with Gasteiger partial charge in [0.05, 0.1) is 25.5 Å². The molecule has 28 heavy (non-hydrogen) atoms. The van der Waals surface area contributed by atoms with Gasteiger partial charge in [-0.2, -0.15) is 13.2 Å². The van der Waals surface area contributed by atoms with Crippen LogP contribution in [0.4, 0.5) is 18.9 Å². The minimum atomic E-state index is -4.43. The zero-order chi connectivity index (χ0) is 20.3. The first-order valence-electron chi connectivity index (χ1n) is 7.98. The molecule has 0 atom stereocenters. The molecule has 0 aliphatic heterocycles. The highest BCUT2D eigenvalue weighted by atomic mass is 19.4. The second kappa shape index (κ2) is 7.63. The maximum Gasteiger partial charge on any atom is 0.416 e. The molecule has 0 bridgehead atoms. The summed E-state index contributed by atoms with van der Waals surface area (Å²) in [5.74, 6) is 0.382. The van der Waals surface area contributed by atoms with Gasteiger partial charge in [0.25, 0.3) is 5.91 Å². The number of hydrogen-bond acceptors (Lipinski definition) is 5. The van der Waals surface area contributed by atoms with Crippen LogP contribution in [0.25, 0.3) is 11.5 Å². The Hall–Kier alpha value is -3.49. The Labute approximate surface area is 157 Å². The number of alkyl halides is 3. The molecular weight excluding hydrogens is 377 g/mol. The summed E-state index contributed by atoms with van der Waals surface area (Å²) in [6.45, 7) is 0. The van der Waals surface area contributed by atoms with Gasteiger partial charge in [-0.1, -0.05) is 0 Å². The summed E-state index contributed by atoms with van der Waals surface area (Å²) in [4.78, 5) is 16.5. The minimum absolute atomic E-state index is 0.0245. The number of hydrogen-bond donors (Lipinski definition) is 1. The van der Waals surface area contributed by atoms with E-state index in [-0.39, 0.29) is 11.6 Å². The maximum atomic E-state index is 12.6. The number of rotatable bonds is 5. The molecule has 6 nitrogen and oxygen atoms in total. The maximum absolute atomic E-state index is 12.6. The van der Waals surface area contributed by atoms with Crippen molar-refractivity contribution in [3.05, 3.63) is 60.0 Å². The number of methoxy groups -OCH3 is 2. The number of carbonyl (C=O) groups is 1. The number of oxazole rings is 1. The molecule has 3 aromatic rings. The van der Waals surface area contributed by atoms with Gasteiger partial charge in [0.15, 0.2) is 5.69 Å². The SMILES string of the molecule is COc1ccc(OC)c(NC(=O)c2coc(-c3ccc(C(F)(F)F)cc3)n2)c1. The lowest BCUT2D eigenvalue weighted by atomic mass is 10.1. The van der Waals surface area contributed by atoms with Crippen LogP contribution in [0.3, 0.4) is 0 Å². The number of amides is 1. The Kier molecular flexibility index (Phi) is 5.25. The number of anilines is 1. The third-order valence-electron chi connectivity index (χ3n) is 3.85. The number of halogens is 3. The van der Waals surface area contributed by atoms with Crippen molar-refractivity contribution in [1.29, 1.82) is 0 Å². The zero-order valence-corrected chi connectivity index (χ0v) is 14.8. The van der Waals surface area contributed by atoms with E-state index in [0.717, 1.165) is 18.4 Å². The fourth-order valence-corrected chi connectivity index (χ4v) is 2.41. The van der Waals surface area contributed by atoms with Crippen molar-refractivity contribution in [3.63, 3.8) is 0 Å². The van der Waals surface area contributed by atoms with Crippen LogP contribution in [0.5, 0.6) is 11.5 Å². The zero-order valence-electron chi connectivity index (χ0n) is 14.8. The van der Waals surface area contributed by atoms with E-state index in [1.165, 1.54) is 26.4 Å². The van der Waals surface area contributed by atoms with Crippen molar-refractivity contribution in [2.45, 2.75) is 6.18 Å². The van der Waals surface area contributed by atoms with Crippen molar-refractivity contribution in [2.75, 3.05) is 19.5 Å². The van der Waals surface area contributed by atoms with Gasteiger partial charge in [-0.05, 0) is 36.4 Å². The third-order valence-corrected chi connectivity index (χ3v) is 3.85. The fourth-order valence-electron chi connectivity index (χ4n) is 2.41. The molecule has 0 fully saturated rings. The summed E-state index contributed by atoms with van der Waals surface area (Å²) in [7, 11) is 2.94. The lowest BCUT2D eigenvalue weighted by molar-refractivity contribution is -0.137. The summed E-state index contributed by atoms with van der Waals surface area (Å²) >= 11 is 0. The topological polar surface area (TPSA) is 73.6 Å². The summed E-state index contributed by atoms with van der Waals surface area (Å²) in [6, 6.07) is 9.16. The van der Waals surface area contributed by atoms with E-state index in [2.05, 4.69) is 10.3 Å². The van der Waals surface area contributed by atoms with Crippen molar-refractivity contribution in [3.8, 4) is 23.0 Å². The molecule has 0 unspecified atom stereocenters. The number of ether oxygens (including phenoxy) is 2. The standard InChI is InChI=1S/C19H15F3N2O4/c1-26-13-7-8-16(27-2)14(9-13)23-17(25)15-10-28-18(24-15)11-3-5-12(6-4-11)19(20,21)22/h3-10H,1-2H3,(H,23,25). The van der Waals surface area contributed by atoms with E-state index in [1.807, 2.05) is 0 Å². The molecule has 1 aromatic heterocycles. The number of aromatic nitrogens is 1. The molecule has 1 N–H and O–H groups in total. The first-order valence-corrected chi connectivity index (χ1v) is 7.98. The van der Waals surface area contributed by atoms with Gasteiger partial charge in [0, 0.05) is 11.6 Å². The van der Waals surface area contributed by atoms with Gasteiger partial charge in [0.1, 0.15) is 17.8 Å². The predicted molar refractivity (Wildman–Crippen MR) is 94.4 cm³/mol. The van der Waals surface area contributed by atoms with E-state index in [4.69, 9.17) is 13.9 Å². The number of carbonyl (C=O) groups excluding carboxylic acids is 1. The second-order valence-corrected chi connectivity index (χ2v) is 5.63. The monoisotopic (exact) mass is 392 g/mol. The van der Waals surface area contributed by atoms with Crippen LogP contribution in [-0.4, -0.2) is 25.1 Å². The minimum Gasteiger partial charge on any atom is -0.497 e. The molecule has 146 valence electrons. The van der Waals surface area contributed by atoms with Crippen LogP contribution in [0, 0.1) is 0 Å². The Balaban J connectivity index is 1.79. The van der Waals surface area contributed by atoms with Crippen LogP contribution < -0.4 is 14.8 Å². The largest absolute Gasteiger partial charge is 0.497 e. The van der Waals surface area contributed by atoms with Crippen molar-refractivity contribution >= 4 is 11.6 Å². The summed E-state index contributed by atoms with van der Waals surface area (Å²) in [5.41, 5.74) is -0.150. The molecule has 1 amide bonds. The molecule has 0 radical (unpaired) electrons. The molecular formula is C19H15F3N2O4. The lowest BCUT2D eigenvalue weighted by Gasteiger charge is -2.10. The van der Waals surface area contributed by atoms with Gasteiger partial charge < -0.3 is 19.2 Å². The lowest BCUT2D eigenvalue weighted by Crippen LogP contribution is -2.13. The molecule has 9 heteroatoms. The summed E-state index contributed by atoms with van der Waals surface area (Å²) < 4.78 is 53.5. The molecule has 0 aliphatic rings. The van der Waals surface area contributed by atoms with E-state index in [0.29, 0.717) is 22.7 Å². The second-order valence-electron chi connectivity index (χ2n) is 5.63. The molecule has 2 aromatic carbocycles. The third kappa shape index (κ3) is 4.08. The highest BCUT2D eigenvalue weighted by molar-refractivity contribution is 6.03. The van der Waals surface area contributed by atoms with E-state index in [9.17, 15) is 18.0 Å². The smallest absolute Gasteiger partial charge is 0.416 e. The first kappa shape index (κ1) is 19.3. The first-order chi connectivity index (χ1) is 13.3. The number of benzene rings is 2. The molecule has 0 spiro atoms. The summed E-state index contributed by atoms with van der Waals surface area (Å²) in [5, 5.41) is 2.63. The Morgan fingerprint density at radius 1 is 1.07 bits per heavy atom. The van der Waals surface area contributed by atoms with Crippen molar-refractivity contribution in [2.24, 2.45) is 0 Å². The van der Waals surface area contributed by atoms with Crippen LogP contribution in [0.2, 0.25) is 0 Å². The van der Waals surface area contributed by atoms with E-state index >= 15 is 0 Å². The molecule has 0 saturated carbocycles. The summed E-state index contributed by atoms with van der Waals surface area (Å²) in [6.07, 6.45) is -3.31. The Morgan fingerprint density at radius 3 is 2.39 bits per heavy atom. The van der Waals surface area contributed by atoms with Crippen LogP contribution in [0.15, 0.2) is 53.1 Å². The number of nitrogens with one attached hydrogen (secondary N) is 1. The van der Waals surface area contributed by atoms with E-state index in [1.54, 1.807) is 18.2 Å². The molecule has 0 aliphatic carbocycles. The normalized spacial score (nSPS) is 11.2. The number of nitrogens with zero attached hydrogens (tertiary/aromatic N) is 1. The van der Waals surface area contributed by atoms with Crippen LogP contribution in [-0.2, 0) is 6.18 Å². The van der Waals surface area contributed by atoms with Crippen molar-refractivity contribution in [1.82, 2.24) is 4.98 Å². The molecule has 3 rings (SSSR count). The van der Waals surface area contributed by atoms with Gasteiger partial charge in [-0.25, -0.2) is 4.98 Å². The average molecular weight is 392 g/mol. The Morgan fingerprint density at radius 2 is 1.79 bits per heavy atom. The quantitative estimate of drug-likeness (QED) is 0.685. The highest BCUT2D eigenvalue weighted by Crippen LogP contribution is 2.31. The van der Waals surface area contributed by atoms with Crippen molar-refractivity contribution < 1.29 is 31.9 Å². The van der Waals surface area contributed by atoms with Crippen LogP contribution >= 0.6 is 0 Å². The average Bonchev–Trinajstić information content (AvgIpc) is 3.17. The van der Waals surface area contributed by atoms with Crippen LogP contribution in [0.1, 0.15) is 16.1 Å². The van der Waals surface area contributed by atoms with E-state index < -0.39 is 17.6 Å². The fraction of sp³-hybridized carbons (Fsp3) is 0.158. The highest BCUT2D eigenvalue weighted by Gasteiger charge is 2.30. The predicted octanol–water partition coefficient (Wildman–Crippen LogP) is 4.63. The van der Waals surface area contributed by atoms with Gasteiger partial charge in [0.2, 0.25) is 5.89 Å². The molecule has 1 heterocycles.